The van der Waals surface area contributed by atoms with Gasteiger partial charge in [-0.2, -0.15) is 0 Å². The second-order valence-electron chi connectivity index (χ2n) is 26.8. The summed E-state index contributed by atoms with van der Waals surface area (Å²) in [5.41, 5.74) is 29.6. The van der Waals surface area contributed by atoms with E-state index < -0.39 is 0 Å². The predicted molar refractivity (Wildman–Crippen MR) is 324 cm³/mol. The van der Waals surface area contributed by atoms with Gasteiger partial charge < -0.3 is 9.80 Å². The summed E-state index contributed by atoms with van der Waals surface area (Å²) >= 11 is 0. The molecule has 1 saturated carbocycles. The van der Waals surface area contributed by atoms with Crippen molar-refractivity contribution >= 4 is 57.2 Å². The molecule has 8 aromatic rings. The molecule has 0 N–H and O–H groups in total. The Morgan fingerprint density at radius 3 is 1.68 bits per heavy atom. The summed E-state index contributed by atoms with van der Waals surface area (Å²) in [6.45, 7) is 33.3. The molecule has 0 aromatic heterocycles. The zero-order chi connectivity index (χ0) is 52.7. The standard InChI is InChI=1S/C72H77BN2/c1-45-37-56-66-65-57(71(13)35-21-22-36-72(66,71)14)41-50(48-23-17-15-18-24-48)42-59(65)73-58-31-30-54(74(60-32-27-51(39-46(60)2)68(4,5)6)61-33-28-52(40-47(61)3)69(7,8)9)44-63(58)75(64(38-45)67(56)73)62-34-29-53(70(10,11)12)43-55(62)49-25-19-16-20-26-49/h15-20,23-34,37-44,66H,21-22,35-36H2,1-14H3. The Bertz CT molecular complexity index is 3520. The Balaban J connectivity index is 1.19. The number of fused-ring (bicyclic) bond motifs is 7. The first-order chi connectivity index (χ1) is 35.6. The first-order valence-corrected chi connectivity index (χ1v) is 28.1. The molecule has 0 spiro atoms. The molecule has 8 aromatic carbocycles. The van der Waals surface area contributed by atoms with Gasteiger partial charge in [-0.25, -0.2) is 0 Å². The number of hydrogen-bond donors (Lipinski definition) is 0. The third-order valence-corrected chi connectivity index (χ3v) is 18.8. The van der Waals surface area contributed by atoms with Crippen LogP contribution in [0.25, 0.3) is 22.3 Å². The Labute approximate surface area is 450 Å². The minimum atomic E-state index is -0.0353. The number of aryl methyl sites for hydroxylation is 3. The topological polar surface area (TPSA) is 6.48 Å². The van der Waals surface area contributed by atoms with E-state index in [2.05, 4.69) is 264 Å². The fraction of sp³-hybridized carbons (Fsp3) is 0.333. The molecule has 378 valence electrons. The SMILES string of the molecule is Cc1cc2c3c(c1)N(c1ccc(C(C)(C)C)cc1-c1ccccc1)c1cc(N(c4ccc(C(C)(C)C)cc4C)c4ccc(C(C)(C)C)cc4C)ccc1B3c1cc(-c3ccccc3)cc3c1C2C1(C)CCCCC31C. The summed E-state index contributed by atoms with van der Waals surface area (Å²) in [4.78, 5) is 5.28. The molecule has 12 rings (SSSR count). The third kappa shape index (κ3) is 7.71. The van der Waals surface area contributed by atoms with Gasteiger partial charge in [0.25, 0.3) is 0 Å². The van der Waals surface area contributed by atoms with Gasteiger partial charge in [0.15, 0.2) is 0 Å². The lowest BCUT2D eigenvalue weighted by Crippen LogP contribution is -2.62. The van der Waals surface area contributed by atoms with Crippen molar-refractivity contribution in [3.63, 3.8) is 0 Å². The highest BCUT2D eigenvalue weighted by Gasteiger charge is 2.62. The van der Waals surface area contributed by atoms with E-state index in [-0.39, 0.29) is 33.8 Å². The number of nitrogens with zero attached hydrogens (tertiary/aromatic N) is 2. The molecule has 2 nitrogen and oxygen atoms in total. The predicted octanol–water partition coefficient (Wildman–Crippen LogP) is 17.9. The van der Waals surface area contributed by atoms with Crippen LogP contribution in [0.15, 0.2) is 158 Å². The van der Waals surface area contributed by atoms with Crippen LogP contribution in [-0.4, -0.2) is 6.71 Å². The highest BCUT2D eigenvalue weighted by Crippen LogP contribution is 2.68. The normalized spacial score (nSPS) is 19.6. The van der Waals surface area contributed by atoms with Crippen molar-refractivity contribution in [2.75, 3.05) is 9.80 Å². The average Bonchev–Trinajstić information content (AvgIpc) is 3.63. The van der Waals surface area contributed by atoms with Crippen molar-refractivity contribution in [2.24, 2.45) is 5.41 Å². The molecule has 0 amide bonds. The first-order valence-electron chi connectivity index (χ1n) is 28.1. The van der Waals surface area contributed by atoms with E-state index in [0.29, 0.717) is 5.92 Å². The lowest BCUT2D eigenvalue weighted by atomic mass is 9.30. The Kier molecular flexibility index (Phi) is 11.3. The van der Waals surface area contributed by atoms with Gasteiger partial charge in [0, 0.05) is 39.9 Å². The van der Waals surface area contributed by atoms with Gasteiger partial charge >= 0.3 is 0 Å². The van der Waals surface area contributed by atoms with Crippen LogP contribution in [0.4, 0.5) is 34.1 Å². The molecule has 2 aliphatic carbocycles. The van der Waals surface area contributed by atoms with E-state index in [1.165, 1.54) is 126 Å². The van der Waals surface area contributed by atoms with Crippen LogP contribution in [-0.2, 0) is 21.7 Å². The van der Waals surface area contributed by atoms with E-state index in [1.54, 1.807) is 16.7 Å². The van der Waals surface area contributed by atoms with Crippen LogP contribution in [0.3, 0.4) is 0 Å². The van der Waals surface area contributed by atoms with Crippen molar-refractivity contribution in [3.05, 3.63) is 208 Å². The number of hydrogen-bond acceptors (Lipinski definition) is 2. The van der Waals surface area contributed by atoms with Crippen molar-refractivity contribution in [1.29, 1.82) is 0 Å². The van der Waals surface area contributed by atoms with Crippen LogP contribution >= 0.6 is 0 Å². The maximum absolute atomic E-state index is 2.71. The number of benzene rings is 8. The highest BCUT2D eigenvalue weighted by molar-refractivity contribution is 6.99. The van der Waals surface area contributed by atoms with Crippen molar-refractivity contribution < 1.29 is 0 Å². The Morgan fingerprint density at radius 2 is 1.08 bits per heavy atom. The molecule has 3 atom stereocenters. The van der Waals surface area contributed by atoms with Gasteiger partial charge in [-0.15, -0.1) is 0 Å². The summed E-state index contributed by atoms with van der Waals surface area (Å²) in [5, 5.41) is 0. The second kappa shape index (κ2) is 17.2. The lowest BCUT2D eigenvalue weighted by Gasteiger charge is -2.51. The second-order valence-corrected chi connectivity index (χ2v) is 26.8. The fourth-order valence-corrected chi connectivity index (χ4v) is 14.5. The molecule has 4 aliphatic rings. The summed E-state index contributed by atoms with van der Waals surface area (Å²) in [5.74, 6) is 0.302. The Hall–Kier alpha value is -6.58. The molecule has 0 radical (unpaired) electrons. The van der Waals surface area contributed by atoms with Crippen LogP contribution < -0.4 is 26.2 Å². The molecule has 2 aliphatic heterocycles. The highest BCUT2D eigenvalue weighted by atomic mass is 15.2. The van der Waals surface area contributed by atoms with Crippen molar-refractivity contribution in [1.82, 2.24) is 0 Å². The van der Waals surface area contributed by atoms with Gasteiger partial charge in [0.1, 0.15) is 0 Å². The summed E-state index contributed by atoms with van der Waals surface area (Å²) in [6, 6.07) is 62.1. The van der Waals surface area contributed by atoms with E-state index in [9.17, 15) is 0 Å². The van der Waals surface area contributed by atoms with Gasteiger partial charge in [-0.05, 0) is 181 Å². The molecule has 0 bridgehead atoms. The maximum atomic E-state index is 2.71. The van der Waals surface area contributed by atoms with Gasteiger partial charge in [0.05, 0.1) is 5.69 Å². The average molecular weight is 981 g/mol. The van der Waals surface area contributed by atoms with Crippen molar-refractivity contribution in [3.8, 4) is 22.3 Å². The monoisotopic (exact) mass is 981 g/mol. The van der Waals surface area contributed by atoms with Crippen molar-refractivity contribution in [2.45, 2.75) is 150 Å². The summed E-state index contributed by atoms with van der Waals surface area (Å²) < 4.78 is 0. The molecule has 2 heterocycles. The van der Waals surface area contributed by atoms with E-state index >= 15 is 0 Å². The maximum Gasteiger partial charge on any atom is 0.247 e. The number of anilines is 6. The zero-order valence-electron chi connectivity index (χ0n) is 47.4. The molecule has 3 heteroatoms. The van der Waals surface area contributed by atoms with Gasteiger partial charge in [-0.3, -0.25) is 0 Å². The van der Waals surface area contributed by atoms with Crippen LogP contribution in [0.5, 0.6) is 0 Å². The minimum Gasteiger partial charge on any atom is -0.311 e. The van der Waals surface area contributed by atoms with Gasteiger partial charge in [0.2, 0.25) is 6.71 Å². The Morgan fingerprint density at radius 1 is 0.507 bits per heavy atom. The quantitative estimate of drug-likeness (QED) is 0.153. The smallest absolute Gasteiger partial charge is 0.247 e. The molecule has 1 fully saturated rings. The molecule has 3 unspecified atom stereocenters. The molecular formula is C72H77BN2. The fourth-order valence-electron chi connectivity index (χ4n) is 14.5. The lowest BCUT2D eigenvalue weighted by molar-refractivity contribution is 0.0926. The van der Waals surface area contributed by atoms with Gasteiger partial charge in [-0.1, -0.05) is 210 Å². The molecule has 0 saturated heterocycles. The first kappa shape index (κ1) is 49.3. The largest absolute Gasteiger partial charge is 0.311 e. The zero-order valence-corrected chi connectivity index (χ0v) is 47.4. The minimum absolute atomic E-state index is 0.0255. The number of rotatable bonds is 6. The molecular weight excluding hydrogens is 904 g/mol. The van der Waals surface area contributed by atoms with E-state index in [0.717, 1.165) is 5.69 Å². The molecule has 75 heavy (non-hydrogen) atoms. The van der Waals surface area contributed by atoms with E-state index in [4.69, 9.17) is 0 Å². The van der Waals surface area contributed by atoms with Crippen LogP contribution in [0.1, 0.15) is 158 Å². The van der Waals surface area contributed by atoms with E-state index in [1.807, 2.05) is 0 Å². The third-order valence-electron chi connectivity index (χ3n) is 18.8. The van der Waals surface area contributed by atoms with Crippen LogP contribution in [0.2, 0.25) is 0 Å². The summed E-state index contributed by atoms with van der Waals surface area (Å²) in [6.07, 6.45) is 5.01. The van der Waals surface area contributed by atoms with Crippen LogP contribution in [0, 0.1) is 26.2 Å². The summed E-state index contributed by atoms with van der Waals surface area (Å²) in [7, 11) is 0.